The molecule has 18 heavy (non-hydrogen) atoms. The first-order chi connectivity index (χ1) is 8.66. The highest BCUT2D eigenvalue weighted by Crippen LogP contribution is 2.27. The van der Waals surface area contributed by atoms with E-state index in [9.17, 15) is 9.59 Å². The highest BCUT2D eigenvalue weighted by atomic mass is 32.1. The van der Waals surface area contributed by atoms with Gasteiger partial charge in [0.15, 0.2) is 0 Å². The molecule has 1 N–H and O–H groups in total. The maximum Gasteiger partial charge on any atom is 0.255 e. The number of thiocarbonyl (C=S) groups is 1. The van der Waals surface area contributed by atoms with Gasteiger partial charge in [0.2, 0.25) is 5.91 Å². The summed E-state index contributed by atoms with van der Waals surface area (Å²) in [7, 11) is 0. The third-order valence-corrected chi connectivity index (χ3v) is 3.81. The number of nitrogens with zero attached hydrogens (tertiary/aromatic N) is 1. The summed E-state index contributed by atoms with van der Waals surface area (Å²) < 4.78 is 0. The van der Waals surface area contributed by atoms with Gasteiger partial charge in [-0.3, -0.25) is 9.59 Å². The number of carbonyl (C=O) groups excluding carboxylic acids is 2. The van der Waals surface area contributed by atoms with E-state index in [0.29, 0.717) is 24.4 Å². The predicted octanol–water partition coefficient (Wildman–Crippen LogP) is 1.25. The monoisotopic (exact) mass is 260 g/mol. The van der Waals surface area contributed by atoms with Crippen LogP contribution in [0.1, 0.15) is 28.8 Å². The molecule has 1 unspecified atom stereocenters. The minimum atomic E-state index is -0.155. The van der Waals surface area contributed by atoms with Crippen molar-refractivity contribution in [1.82, 2.24) is 10.2 Å². The lowest BCUT2D eigenvalue weighted by atomic mass is 10.1. The van der Waals surface area contributed by atoms with Crippen LogP contribution in [0.25, 0.3) is 0 Å². The molecule has 2 aliphatic heterocycles. The van der Waals surface area contributed by atoms with Crippen LogP contribution in [0.2, 0.25) is 0 Å². The standard InChI is InChI=1S/C13H12N2O2S/c16-11-6-5-10(12(18)14-11)15-7-8-3-1-2-4-9(8)13(15)17/h1-4,10H,5-7H2,(H,14,16,18). The fourth-order valence-corrected chi connectivity index (χ4v) is 2.87. The highest BCUT2D eigenvalue weighted by molar-refractivity contribution is 7.80. The summed E-state index contributed by atoms with van der Waals surface area (Å²) in [4.78, 5) is 25.7. The van der Waals surface area contributed by atoms with Gasteiger partial charge in [-0.1, -0.05) is 30.4 Å². The lowest BCUT2D eigenvalue weighted by molar-refractivity contribution is -0.120. The van der Waals surface area contributed by atoms with Crippen molar-refractivity contribution in [2.45, 2.75) is 25.4 Å². The Balaban J connectivity index is 1.86. The van der Waals surface area contributed by atoms with Crippen LogP contribution in [0.5, 0.6) is 0 Å². The summed E-state index contributed by atoms with van der Waals surface area (Å²) in [6.45, 7) is 0.579. The molecule has 1 saturated heterocycles. The minimum Gasteiger partial charge on any atom is -0.325 e. The summed E-state index contributed by atoms with van der Waals surface area (Å²) in [5.41, 5.74) is 1.78. The number of piperidine rings is 1. The summed E-state index contributed by atoms with van der Waals surface area (Å²) in [5, 5.41) is 2.65. The first-order valence-corrected chi connectivity index (χ1v) is 6.30. The van der Waals surface area contributed by atoms with Gasteiger partial charge in [-0.25, -0.2) is 0 Å². The predicted molar refractivity (Wildman–Crippen MR) is 70.1 cm³/mol. The Morgan fingerprint density at radius 3 is 2.78 bits per heavy atom. The van der Waals surface area contributed by atoms with Crippen LogP contribution < -0.4 is 5.32 Å². The molecule has 2 aliphatic rings. The fourth-order valence-electron chi connectivity index (χ4n) is 2.51. The van der Waals surface area contributed by atoms with Crippen molar-refractivity contribution in [2.24, 2.45) is 0 Å². The van der Waals surface area contributed by atoms with Crippen LogP contribution in [0.4, 0.5) is 0 Å². The maximum atomic E-state index is 12.3. The quantitative estimate of drug-likeness (QED) is 0.773. The fraction of sp³-hybridized carbons (Fsp3) is 0.308. The molecular weight excluding hydrogens is 248 g/mol. The average Bonchev–Trinajstić information content (AvgIpc) is 2.68. The second-order valence-corrected chi connectivity index (χ2v) is 5.00. The lowest BCUT2D eigenvalue weighted by Crippen LogP contribution is -2.51. The normalized spacial score (nSPS) is 23.0. The molecule has 1 aromatic carbocycles. The van der Waals surface area contributed by atoms with Crippen LogP contribution in [0.15, 0.2) is 24.3 Å². The molecule has 5 heteroatoms. The third-order valence-electron chi connectivity index (χ3n) is 3.44. The number of nitrogens with one attached hydrogen (secondary N) is 1. The first-order valence-electron chi connectivity index (χ1n) is 5.89. The van der Waals surface area contributed by atoms with E-state index in [-0.39, 0.29) is 17.9 Å². The Morgan fingerprint density at radius 2 is 2.06 bits per heavy atom. The number of amides is 2. The Kier molecular flexibility index (Phi) is 2.63. The van der Waals surface area contributed by atoms with Gasteiger partial charge < -0.3 is 10.2 Å². The van der Waals surface area contributed by atoms with Gasteiger partial charge in [-0.15, -0.1) is 0 Å². The van der Waals surface area contributed by atoms with E-state index >= 15 is 0 Å². The molecule has 3 rings (SSSR count). The van der Waals surface area contributed by atoms with Crippen molar-refractivity contribution in [3.05, 3.63) is 35.4 Å². The number of benzene rings is 1. The Bertz CT molecular complexity index is 556. The average molecular weight is 260 g/mol. The minimum absolute atomic E-state index is 0.00842. The number of rotatable bonds is 1. The molecule has 2 heterocycles. The molecule has 0 spiro atoms. The summed E-state index contributed by atoms with van der Waals surface area (Å²) in [5.74, 6) is -0.0468. The molecule has 92 valence electrons. The van der Waals surface area contributed by atoms with Gasteiger partial charge in [0.05, 0.1) is 6.04 Å². The highest BCUT2D eigenvalue weighted by Gasteiger charge is 2.36. The second kappa shape index (κ2) is 4.17. The molecule has 2 amide bonds. The zero-order valence-electron chi connectivity index (χ0n) is 9.68. The topological polar surface area (TPSA) is 49.4 Å². The van der Waals surface area contributed by atoms with Gasteiger partial charge in [0.1, 0.15) is 4.99 Å². The molecule has 0 aromatic heterocycles. The van der Waals surface area contributed by atoms with Gasteiger partial charge in [0.25, 0.3) is 5.91 Å². The van der Waals surface area contributed by atoms with Crippen molar-refractivity contribution in [2.75, 3.05) is 0 Å². The molecule has 0 bridgehead atoms. The third kappa shape index (κ3) is 1.71. The molecular formula is C13H12N2O2S. The van der Waals surface area contributed by atoms with Crippen LogP contribution in [-0.4, -0.2) is 27.7 Å². The Labute approximate surface area is 110 Å². The van der Waals surface area contributed by atoms with E-state index in [2.05, 4.69) is 5.32 Å². The van der Waals surface area contributed by atoms with E-state index in [1.807, 2.05) is 24.3 Å². The first kappa shape index (κ1) is 11.3. The Hall–Kier alpha value is -1.75. The number of carbonyl (C=O) groups is 2. The smallest absolute Gasteiger partial charge is 0.255 e. The number of hydrogen-bond donors (Lipinski definition) is 1. The second-order valence-electron chi connectivity index (χ2n) is 4.56. The van der Waals surface area contributed by atoms with Crippen LogP contribution in [0.3, 0.4) is 0 Å². The van der Waals surface area contributed by atoms with E-state index in [0.717, 1.165) is 11.1 Å². The molecule has 1 atom stereocenters. The van der Waals surface area contributed by atoms with Gasteiger partial charge in [-0.2, -0.15) is 0 Å². The van der Waals surface area contributed by atoms with Crippen molar-refractivity contribution in [3.63, 3.8) is 0 Å². The molecule has 0 radical (unpaired) electrons. The summed E-state index contributed by atoms with van der Waals surface area (Å²) in [6, 6.07) is 7.43. The van der Waals surface area contributed by atoms with E-state index in [1.54, 1.807) is 4.90 Å². The molecule has 1 aromatic rings. The van der Waals surface area contributed by atoms with E-state index in [4.69, 9.17) is 12.2 Å². The lowest BCUT2D eigenvalue weighted by Gasteiger charge is -2.31. The van der Waals surface area contributed by atoms with Crippen molar-refractivity contribution in [3.8, 4) is 0 Å². The van der Waals surface area contributed by atoms with Crippen molar-refractivity contribution in [1.29, 1.82) is 0 Å². The maximum absolute atomic E-state index is 12.3. The van der Waals surface area contributed by atoms with Gasteiger partial charge in [-0.05, 0) is 18.1 Å². The van der Waals surface area contributed by atoms with Crippen LogP contribution in [-0.2, 0) is 11.3 Å². The zero-order chi connectivity index (χ0) is 12.7. The van der Waals surface area contributed by atoms with Crippen LogP contribution in [0, 0.1) is 0 Å². The number of hydrogen-bond acceptors (Lipinski definition) is 3. The molecule has 0 aliphatic carbocycles. The molecule has 0 saturated carbocycles. The summed E-state index contributed by atoms with van der Waals surface area (Å²) in [6.07, 6.45) is 1.04. The molecule has 4 nitrogen and oxygen atoms in total. The Morgan fingerprint density at radius 1 is 1.28 bits per heavy atom. The van der Waals surface area contributed by atoms with Gasteiger partial charge in [0, 0.05) is 18.5 Å². The summed E-state index contributed by atoms with van der Waals surface area (Å²) >= 11 is 5.18. The van der Waals surface area contributed by atoms with Crippen molar-refractivity contribution < 1.29 is 9.59 Å². The van der Waals surface area contributed by atoms with E-state index < -0.39 is 0 Å². The zero-order valence-corrected chi connectivity index (χ0v) is 10.5. The largest absolute Gasteiger partial charge is 0.325 e. The van der Waals surface area contributed by atoms with E-state index in [1.165, 1.54) is 0 Å². The SMILES string of the molecule is O=C1CCC(N2Cc3ccccc3C2=O)C(=S)N1. The number of fused-ring (bicyclic) bond motifs is 1. The van der Waals surface area contributed by atoms with Crippen molar-refractivity contribution >= 4 is 29.0 Å². The van der Waals surface area contributed by atoms with Crippen LogP contribution >= 0.6 is 12.2 Å². The van der Waals surface area contributed by atoms with Gasteiger partial charge >= 0.3 is 0 Å². The molecule has 1 fully saturated rings.